The van der Waals surface area contributed by atoms with E-state index in [-0.39, 0.29) is 24.0 Å². The standard InChI is InChI=1S/C9H16N6O2/c10-8-7(11-13-12-8)9(17)15-3-1-14(2-4-15)5-6-16/h16H,1-6H2,(H3,10,11,12,13). The first-order valence-electron chi connectivity index (χ1n) is 5.51. The lowest BCUT2D eigenvalue weighted by molar-refractivity contribution is 0.0610. The third kappa shape index (κ3) is 2.53. The molecule has 4 N–H and O–H groups in total. The number of rotatable bonds is 3. The van der Waals surface area contributed by atoms with Crippen LogP contribution in [-0.2, 0) is 0 Å². The van der Waals surface area contributed by atoms with E-state index in [2.05, 4.69) is 20.3 Å². The number of piperazine rings is 1. The molecular formula is C9H16N6O2. The molecule has 0 unspecified atom stereocenters. The van der Waals surface area contributed by atoms with Crippen LogP contribution in [0.15, 0.2) is 0 Å². The summed E-state index contributed by atoms with van der Waals surface area (Å²) in [5, 5.41) is 18.5. The SMILES string of the molecule is Nc1n[nH]nc1C(=O)N1CCN(CCO)CC1. The van der Waals surface area contributed by atoms with Gasteiger partial charge in [-0.2, -0.15) is 5.21 Å². The molecule has 0 radical (unpaired) electrons. The third-order valence-electron chi connectivity index (χ3n) is 2.85. The molecule has 0 spiro atoms. The van der Waals surface area contributed by atoms with E-state index in [0.717, 1.165) is 13.1 Å². The van der Waals surface area contributed by atoms with E-state index >= 15 is 0 Å². The van der Waals surface area contributed by atoms with Gasteiger partial charge in [-0.15, -0.1) is 10.2 Å². The zero-order valence-corrected chi connectivity index (χ0v) is 9.46. The molecule has 0 aromatic carbocycles. The number of hydrogen-bond acceptors (Lipinski definition) is 6. The number of carbonyl (C=O) groups excluding carboxylic acids is 1. The molecule has 17 heavy (non-hydrogen) atoms. The second-order valence-electron chi connectivity index (χ2n) is 3.91. The average Bonchev–Trinajstić information content (AvgIpc) is 2.76. The van der Waals surface area contributed by atoms with Crippen LogP contribution in [0.25, 0.3) is 0 Å². The molecule has 8 heteroatoms. The summed E-state index contributed by atoms with van der Waals surface area (Å²) in [4.78, 5) is 15.8. The van der Waals surface area contributed by atoms with Crippen molar-refractivity contribution in [2.75, 3.05) is 45.1 Å². The summed E-state index contributed by atoms with van der Waals surface area (Å²) in [5.41, 5.74) is 5.71. The number of nitrogens with two attached hydrogens (primary N) is 1. The zero-order chi connectivity index (χ0) is 12.3. The van der Waals surface area contributed by atoms with Gasteiger partial charge in [-0.1, -0.05) is 0 Å². The van der Waals surface area contributed by atoms with Crippen molar-refractivity contribution in [3.63, 3.8) is 0 Å². The number of β-amino-alcohol motifs (C(OH)–C–C–N with tert-alkyl or cyclic N) is 1. The number of aromatic nitrogens is 3. The van der Waals surface area contributed by atoms with Gasteiger partial charge in [0.25, 0.3) is 5.91 Å². The Balaban J connectivity index is 1.93. The van der Waals surface area contributed by atoms with Crippen LogP contribution in [0.3, 0.4) is 0 Å². The molecule has 1 fully saturated rings. The van der Waals surface area contributed by atoms with Gasteiger partial charge < -0.3 is 15.7 Å². The Morgan fingerprint density at radius 3 is 2.59 bits per heavy atom. The van der Waals surface area contributed by atoms with Crippen LogP contribution in [0.1, 0.15) is 10.5 Å². The fourth-order valence-electron chi connectivity index (χ4n) is 1.86. The number of aliphatic hydroxyl groups excluding tert-OH is 1. The first-order chi connectivity index (χ1) is 8.22. The van der Waals surface area contributed by atoms with Gasteiger partial charge in [-0.05, 0) is 0 Å². The molecule has 1 amide bonds. The highest BCUT2D eigenvalue weighted by Gasteiger charge is 2.25. The normalized spacial score (nSPS) is 17.4. The number of anilines is 1. The van der Waals surface area contributed by atoms with Crippen LogP contribution in [-0.4, -0.2) is 75.6 Å². The van der Waals surface area contributed by atoms with Gasteiger partial charge in [0.2, 0.25) is 0 Å². The van der Waals surface area contributed by atoms with Crippen molar-refractivity contribution in [3.8, 4) is 0 Å². The predicted octanol–water partition coefficient (Wildman–Crippen LogP) is -1.86. The molecule has 1 aromatic rings. The van der Waals surface area contributed by atoms with Crippen molar-refractivity contribution in [2.45, 2.75) is 0 Å². The predicted molar refractivity (Wildman–Crippen MR) is 60.2 cm³/mol. The van der Waals surface area contributed by atoms with E-state index in [1.807, 2.05) is 0 Å². The molecule has 0 bridgehead atoms. The minimum Gasteiger partial charge on any atom is -0.395 e. The van der Waals surface area contributed by atoms with Crippen LogP contribution < -0.4 is 5.73 Å². The smallest absolute Gasteiger partial charge is 0.278 e. The Morgan fingerprint density at radius 1 is 1.35 bits per heavy atom. The number of carbonyl (C=O) groups is 1. The Bertz CT molecular complexity index is 385. The summed E-state index contributed by atoms with van der Waals surface area (Å²) in [6.45, 7) is 3.53. The number of amides is 1. The van der Waals surface area contributed by atoms with Crippen molar-refractivity contribution in [3.05, 3.63) is 5.69 Å². The largest absolute Gasteiger partial charge is 0.395 e. The van der Waals surface area contributed by atoms with Gasteiger partial charge in [-0.3, -0.25) is 9.69 Å². The summed E-state index contributed by atoms with van der Waals surface area (Å²) in [6.07, 6.45) is 0. The summed E-state index contributed by atoms with van der Waals surface area (Å²) >= 11 is 0. The number of aliphatic hydroxyl groups is 1. The van der Waals surface area contributed by atoms with Gasteiger partial charge in [0, 0.05) is 32.7 Å². The molecule has 1 aliphatic heterocycles. The number of hydrogen-bond donors (Lipinski definition) is 3. The topological polar surface area (TPSA) is 111 Å². The number of nitrogen functional groups attached to an aromatic ring is 1. The quantitative estimate of drug-likeness (QED) is 0.571. The van der Waals surface area contributed by atoms with Crippen LogP contribution in [0.4, 0.5) is 5.82 Å². The molecule has 94 valence electrons. The lowest BCUT2D eigenvalue weighted by atomic mass is 10.2. The number of aromatic amines is 1. The fraction of sp³-hybridized carbons (Fsp3) is 0.667. The van der Waals surface area contributed by atoms with Gasteiger partial charge in [0.15, 0.2) is 11.5 Å². The lowest BCUT2D eigenvalue weighted by Crippen LogP contribution is -2.49. The van der Waals surface area contributed by atoms with Gasteiger partial charge in [-0.25, -0.2) is 0 Å². The third-order valence-corrected chi connectivity index (χ3v) is 2.85. The first-order valence-corrected chi connectivity index (χ1v) is 5.51. The van der Waals surface area contributed by atoms with E-state index < -0.39 is 0 Å². The molecule has 0 atom stereocenters. The molecule has 0 saturated carbocycles. The Morgan fingerprint density at radius 2 is 2.06 bits per heavy atom. The van der Waals surface area contributed by atoms with Crippen LogP contribution in [0, 0.1) is 0 Å². The van der Waals surface area contributed by atoms with E-state index in [0.29, 0.717) is 19.6 Å². The summed E-state index contributed by atoms with van der Waals surface area (Å²) in [5.74, 6) is -0.0623. The number of nitrogens with one attached hydrogen (secondary N) is 1. The summed E-state index contributed by atoms with van der Waals surface area (Å²) in [6, 6.07) is 0. The highest BCUT2D eigenvalue weighted by molar-refractivity contribution is 5.96. The second-order valence-corrected chi connectivity index (χ2v) is 3.91. The van der Waals surface area contributed by atoms with Crippen LogP contribution in [0.2, 0.25) is 0 Å². The maximum absolute atomic E-state index is 12.0. The number of H-pyrrole nitrogens is 1. The minimum absolute atomic E-state index is 0.132. The van der Waals surface area contributed by atoms with Crippen molar-refractivity contribution >= 4 is 11.7 Å². The van der Waals surface area contributed by atoms with Crippen molar-refractivity contribution < 1.29 is 9.90 Å². The highest BCUT2D eigenvalue weighted by atomic mass is 16.3. The maximum atomic E-state index is 12.0. The van der Waals surface area contributed by atoms with E-state index in [9.17, 15) is 4.79 Å². The highest BCUT2D eigenvalue weighted by Crippen LogP contribution is 2.09. The molecule has 1 aromatic heterocycles. The van der Waals surface area contributed by atoms with Gasteiger partial charge in [0.1, 0.15) is 0 Å². The Hall–Kier alpha value is -1.67. The molecule has 2 rings (SSSR count). The molecule has 2 heterocycles. The van der Waals surface area contributed by atoms with Gasteiger partial charge in [0.05, 0.1) is 6.61 Å². The minimum atomic E-state index is -0.195. The van der Waals surface area contributed by atoms with Crippen LogP contribution in [0.5, 0.6) is 0 Å². The van der Waals surface area contributed by atoms with E-state index in [1.54, 1.807) is 4.90 Å². The molecule has 8 nitrogen and oxygen atoms in total. The van der Waals surface area contributed by atoms with Crippen LogP contribution >= 0.6 is 0 Å². The lowest BCUT2D eigenvalue weighted by Gasteiger charge is -2.33. The van der Waals surface area contributed by atoms with E-state index in [1.165, 1.54) is 0 Å². The molecule has 1 aliphatic rings. The Kier molecular flexibility index (Phi) is 3.55. The van der Waals surface area contributed by atoms with Crippen molar-refractivity contribution in [1.82, 2.24) is 25.2 Å². The van der Waals surface area contributed by atoms with Crippen molar-refractivity contribution in [2.24, 2.45) is 0 Å². The zero-order valence-electron chi connectivity index (χ0n) is 9.46. The number of nitrogens with zero attached hydrogens (tertiary/aromatic N) is 4. The van der Waals surface area contributed by atoms with Gasteiger partial charge >= 0.3 is 0 Å². The van der Waals surface area contributed by atoms with E-state index in [4.69, 9.17) is 10.8 Å². The molecule has 0 aliphatic carbocycles. The first kappa shape index (κ1) is 11.8. The summed E-state index contributed by atoms with van der Waals surface area (Å²) in [7, 11) is 0. The average molecular weight is 240 g/mol. The Labute approximate surface area is 98.4 Å². The monoisotopic (exact) mass is 240 g/mol. The molecular weight excluding hydrogens is 224 g/mol. The molecule has 1 saturated heterocycles. The van der Waals surface area contributed by atoms with Crippen molar-refractivity contribution in [1.29, 1.82) is 0 Å². The summed E-state index contributed by atoms with van der Waals surface area (Å²) < 4.78 is 0. The fourth-order valence-corrected chi connectivity index (χ4v) is 1.86. The maximum Gasteiger partial charge on any atom is 0.278 e. The second kappa shape index (κ2) is 5.11.